The summed E-state index contributed by atoms with van der Waals surface area (Å²) in [5.41, 5.74) is 2.82. The zero-order valence-corrected chi connectivity index (χ0v) is 18.8. The highest BCUT2D eigenvalue weighted by Gasteiger charge is 2.25. The Hall–Kier alpha value is -3.12. The van der Waals surface area contributed by atoms with Crippen LogP contribution in [0.2, 0.25) is 5.02 Å². The third-order valence-electron chi connectivity index (χ3n) is 6.44. The molecule has 2 aromatic heterocycles. The summed E-state index contributed by atoms with van der Waals surface area (Å²) < 4.78 is 4.88. The number of imidazole rings is 1. The number of rotatable bonds is 4. The highest BCUT2D eigenvalue weighted by Crippen LogP contribution is 2.27. The van der Waals surface area contributed by atoms with Gasteiger partial charge in [0.25, 0.3) is 5.56 Å². The SMILES string of the molecule is Cc1ccccc1-n1c(=O)n(C2CCCCC2)c(=O)c2c1ncn2Cc1ccccc1Cl. The standard InChI is InChI=1S/C25H25ClN4O2/c1-17-9-5-8-14-21(17)30-23-22(24(31)29(25(30)32)19-11-3-2-4-12-19)28(16-27-23)15-18-10-6-7-13-20(18)26/h5-10,13-14,16,19H,2-4,11-12,15H2,1H3. The number of hydrogen-bond donors (Lipinski definition) is 0. The van der Waals surface area contributed by atoms with E-state index in [1.807, 2.05) is 60.0 Å². The molecule has 6 nitrogen and oxygen atoms in total. The van der Waals surface area contributed by atoms with Crippen molar-refractivity contribution >= 4 is 22.8 Å². The first-order chi connectivity index (χ1) is 15.6. The zero-order chi connectivity index (χ0) is 22.2. The van der Waals surface area contributed by atoms with Gasteiger partial charge >= 0.3 is 5.69 Å². The molecule has 0 bridgehead atoms. The molecule has 32 heavy (non-hydrogen) atoms. The number of nitrogens with zero attached hydrogens (tertiary/aromatic N) is 4. The van der Waals surface area contributed by atoms with E-state index in [1.165, 1.54) is 4.57 Å². The van der Waals surface area contributed by atoms with Crippen LogP contribution in [0.4, 0.5) is 0 Å². The lowest BCUT2D eigenvalue weighted by Crippen LogP contribution is -2.43. The van der Waals surface area contributed by atoms with Crippen LogP contribution in [0.15, 0.2) is 64.4 Å². The van der Waals surface area contributed by atoms with Gasteiger partial charge in [-0.25, -0.2) is 14.3 Å². The van der Waals surface area contributed by atoms with E-state index in [9.17, 15) is 9.59 Å². The van der Waals surface area contributed by atoms with E-state index in [0.717, 1.165) is 48.9 Å². The summed E-state index contributed by atoms with van der Waals surface area (Å²) in [5.74, 6) is 0. The molecular formula is C25H25ClN4O2. The number of aromatic nitrogens is 4. The molecule has 0 atom stereocenters. The number of aryl methyl sites for hydroxylation is 1. The molecular weight excluding hydrogens is 424 g/mol. The summed E-state index contributed by atoms with van der Waals surface area (Å²) >= 11 is 6.39. The van der Waals surface area contributed by atoms with Gasteiger partial charge in [-0.3, -0.25) is 9.36 Å². The monoisotopic (exact) mass is 448 g/mol. The zero-order valence-electron chi connectivity index (χ0n) is 18.0. The first kappa shape index (κ1) is 20.8. The van der Waals surface area contributed by atoms with Crippen molar-refractivity contribution in [3.63, 3.8) is 0 Å². The number of benzene rings is 2. The van der Waals surface area contributed by atoms with Crippen LogP contribution in [0.5, 0.6) is 0 Å². The average Bonchev–Trinajstić information content (AvgIpc) is 3.21. The second-order valence-electron chi connectivity index (χ2n) is 8.51. The Morgan fingerprint density at radius 2 is 1.72 bits per heavy atom. The van der Waals surface area contributed by atoms with Crippen LogP contribution in [0.1, 0.15) is 49.3 Å². The Morgan fingerprint density at radius 1 is 1.00 bits per heavy atom. The summed E-state index contributed by atoms with van der Waals surface area (Å²) in [6.45, 7) is 2.37. The van der Waals surface area contributed by atoms with Crippen molar-refractivity contribution in [2.75, 3.05) is 0 Å². The van der Waals surface area contributed by atoms with Gasteiger partial charge in [-0.15, -0.1) is 0 Å². The van der Waals surface area contributed by atoms with Gasteiger partial charge in [0.2, 0.25) is 0 Å². The van der Waals surface area contributed by atoms with E-state index >= 15 is 0 Å². The maximum Gasteiger partial charge on any atom is 0.337 e. The number of fused-ring (bicyclic) bond motifs is 1. The molecule has 0 radical (unpaired) electrons. The molecule has 7 heteroatoms. The Labute approximate surface area is 190 Å². The van der Waals surface area contributed by atoms with E-state index in [2.05, 4.69) is 4.98 Å². The van der Waals surface area contributed by atoms with Crippen LogP contribution in [-0.2, 0) is 6.54 Å². The Morgan fingerprint density at radius 3 is 2.47 bits per heavy atom. The van der Waals surface area contributed by atoms with Crippen LogP contribution in [-0.4, -0.2) is 18.7 Å². The molecule has 0 spiro atoms. The lowest BCUT2D eigenvalue weighted by Gasteiger charge is -2.24. The van der Waals surface area contributed by atoms with Crippen LogP contribution in [0.3, 0.4) is 0 Å². The quantitative estimate of drug-likeness (QED) is 0.447. The average molecular weight is 449 g/mol. The molecule has 2 heterocycles. The molecule has 1 aliphatic rings. The fourth-order valence-electron chi connectivity index (χ4n) is 4.78. The van der Waals surface area contributed by atoms with Crippen molar-refractivity contribution in [2.24, 2.45) is 0 Å². The molecule has 0 N–H and O–H groups in total. The van der Waals surface area contributed by atoms with Crippen LogP contribution in [0.25, 0.3) is 16.9 Å². The number of para-hydroxylation sites is 1. The largest absolute Gasteiger partial charge is 0.337 e. The van der Waals surface area contributed by atoms with Crippen molar-refractivity contribution in [3.05, 3.63) is 91.8 Å². The summed E-state index contributed by atoms with van der Waals surface area (Å²) in [5, 5.41) is 0.634. The predicted molar refractivity (Wildman–Crippen MR) is 127 cm³/mol. The van der Waals surface area contributed by atoms with Crippen LogP contribution >= 0.6 is 11.6 Å². The molecule has 4 aromatic rings. The summed E-state index contributed by atoms with van der Waals surface area (Å²) in [6, 6.07) is 15.2. The van der Waals surface area contributed by atoms with Gasteiger partial charge in [0.05, 0.1) is 18.6 Å². The topological polar surface area (TPSA) is 61.8 Å². The lowest BCUT2D eigenvalue weighted by molar-refractivity contribution is 0.335. The van der Waals surface area contributed by atoms with E-state index < -0.39 is 0 Å². The first-order valence-corrected chi connectivity index (χ1v) is 11.5. The van der Waals surface area contributed by atoms with Crippen molar-refractivity contribution in [2.45, 2.75) is 51.6 Å². The molecule has 0 saturated heterocycles. The molecule has 164 valence electrons. The van der Waals surface area contributed by atoms with Gasteiger partial charge in [0.15, 0.2) is 11.2 Å². The Kier molecular flexibility index (Phi) is 5.47. The lowest BCUT2D eigenvalue weighted by atomic mass is 9.95. The fourth-order valence-corrected chi connectivity index (χ4v) is 4.97. The Bertz CT molecular complexity index is 1410. The summed E-state index contributed by atoms with van der Waals surface area (Å²) in [6.07, 6.45) is 6.51. The van der Waals surface area contributed by atoms with Gasteiger partial charge in [-0.2, -0.15) is 0 Å². The molecule has 2 aromatic carbocycles. The van der Waals surface area contributed by atoms with Gasteiger partial charge < -0.3 is 4.57 Å². The highest BCUT2D eigenvalue weighted by atomic mass is 35.5. The second kappa shape index (κ2) is 8.43. The smallest absolute Gasteiger partial charge is 0.320 e. The molecule has 1 saturated carbocycles. The van der Waals surface area contributed by atoms with E-state index in [1.54, 1.807) is 10.9 Å². The minimum Gasteiger partial charge on any atom is -0.320 e. The molecule has 1 aliphatic carbocycles. The van der Waals surface area contributed by atoms with E-state index in [4.69, 9.17) is 11.6 Å². The highest BCUT2D eigenvalue weighted by molar-refractivity contribution is 6.31. The summed E-state index contributed by atoms with van der Waals surface area (Å²) in [7, 11) is 0. The van der Waals surface area contributed by atoms with E-state index in [-0.39, 0.29) is 17.3 Å². The predicted octanol–water partition coefficient (Wildman–Crippen LogP) is 4.86. The summed E-state index contributed by atoms with van der Waals surface area (Å²) in [4.78, 5) is 32.0. The van der Waals surface area contributed by atoms with Gasteiger partial charge in [0.1, 0.15) is 0 Å². The van der Waals surface area contributed by atoms with Gasteiger partial charge in [0, 0.05) is 11.1 Å². The van der Waals surface area contributed by atoms with Crippen LogP contribution < -0.4 is 11.2 Å². The Balaban J connectivity index is 1.80. The number of halogens is 1. The van der Waals surface area contributed by atoms with Crippen LogP contribution in [0, 0.1) is 6.92 Å². The van der Waals surface area contributed by atoms with Crippen molar-refractivity contribution in [3.8, 4) is 5.69 Å². The minimum atomic E-state index is -0.313. The minimum absolute atomic E-state index is 0.0907. The number of hydrogen-bond acceptors (Lipinski definition) is 3. The maximum absolute atomic E-state index is 13.7. The molecule has 0 amide bonds. The van der Waals surface area contributed by atoms with E-state index in [0.29, 0.717) is 22.7 Å². The molecule has 0 aliphatic heterocycles. The van der Waals surface area contributed by atoms with Crippen molar-refractivity contribution in [1.29, 1.82) is 0 Å². The molecule has 5 rings (SSSR count). The third-order valence-corrected chi connectivity index (χ3v) is 6.81. The third kappa shape index (κ3) is 3.48. The molecule has 0 unspecified atom stereocenters. The van der Waals surface area contributed by atoms with Crippen molar-refractivity contribution < 1.29 is 0 Å². The second-order valence-corrected chi connectivity index (χ2v) is 8.91. The van der Waals surface area contributed by atoms with Crippen molar-refractivity contribution in [1.82, 2.24) is 18.7 Å². The fraction of sp³-hybridized carbons (Fsp3) is 0.320. The van der Waals surface area contributed by atoms with Gasteiger partial charge in [-0.1, -0.05) is 67.3 Å². The maximum atomic E-state index is 13.7. The van der Waals surface area contributed by atoms with Gasteiger partial charge in [-0.05, 0) is 43.0 Å². The first-order valence-electron chi connectivity index (χ1n) is 11.1. The normalized spacial score (nSPS) is 14.8. The molecule has 1 fully saturated rings.